The molecule has 0 bridgehead atoms. The van der Waals surface area contributed by atoms with Crippen molar-refractivity contribution in [2.75, 3.05) is 13.1 Å². The molecule has 1 aromatic heterocycles. The van der Waals surface area contributed by atoms with Crippen molar-refractivity contribution in [1.82, 2.24) is 30.4 Å². The van der Waals surface area contributed by atoms with E-state index in [2.05, 4.69) is 53.3 Å². The SMILES string of the molecule is CC(C)C1CN(Cc2nnn(C)n2)C(C(C)C)CN1. The van der Waals surface area contributed by atoms with Gasteiger partial charge in [-0.1, -0.05) is 27.7 Å². The van der Waals surface area contributed by atoms with E-state index in [1.54, 1.807) is 0 Å². The maximum Gasteiger partial charge on any atom is 0.188 e. The van der Waals surface area contributed by atoms with E-state index in [1.807, 2.05) is 7.05 Å². The van der Waals surface area contributed by atoms with Crippen molar-refractivity contribution in [3.8, 4) is 0 Å². The summed E-state index contributed by atoms with van der Waals surface area (Å²) < 4.78 is 0. The molecule has 19 heavy (non-hydrogen) atoms. The Kier molecular flexibility index (Phi) is 4.52. The van der Waals surface area contributed by atoms with Crippen LogP contribution in [0.25, 0.3) is 0 Å². The van der Waals surface area contributed by atoms with Gasteiger partial charge in [0.15, 0.2) is 5.82 Å². The molecule has 6 nitrogen and oxygen atoms in total. The van der Waals surface area contributed by atoms with Crippen LogP contribution in [0.5, 0.6) is 0 Å². The summed E-state index contributed by atoms with van der Waals surface area (Å²) >= 11 is 0. The average molecular weight is 266 g/mol. The molecule has 2 atom stereocenters. The molecule has 1 aliphatic heterocycles. The van der Waals surface area contributed by atoms with Gasteiger partial charge in [-0.2, -0.15) is 4.80 Å². The molecule has 0 radical (unpaired) electrons. The van der Waals surface area contributed by atoms with Crippen LogP contribution in [-0.4, -0.2) is 50.3 Å². The minimum absolute atomic E-state index is 0.541. The minimum Gasteiger partial charge on any atom is -0.311 e. The summed E-state index contributed by atoms with van der Waals surface area (Å²) in [4.78, 5) is 4.03. The Bertz CT molecular complexity index is 400. The van der Waals surface area contributed by atoms with E-state index in [0.717, 1.165) is 25.5 Å². The first-order valence-electron chi connectivity index (χ1n) is 7.17. The Labute approximate surface area is 115 Å². The third kappa shape index (κ3) is 3.51. The van der Waals surface area contributed by atoms with E-state index in [0.29, 0.717) is 23.9 Å². The first-order valence-corrected chi connectivity index (χ1v) is 7.17. The molecule has 1 aromatic rings. The van der Waals surface area contributed by atoms with Gasteiger partial charge in [0, 0.05) is 25.2 Å². The number of nitrogens with zero attached hydrogens (tertiary/aromatic N) is 5. The fourth-order valence-corrected chi connectivity index (χ4v) is 2.71. The van der Waals surface area contributed by atoms with E-state index >= 15 is 0 Å². The van der Waals surface area contributed by atoms with Gasteiger partial charge < -0.3 is 5.32 Å². The van der Waals surface area contributed by atoms with Gasteiger partial charge in [-0.3, -0.25) is 4.90 Å². The smallest absolute Gasteiger partial charge is 0.188 e. The number of aryl methyl sites for hydroxylation is 1. The highest BCUT2D eigenvalue weighted by atomic mass is 15.6. The molecule has 2 unspecified atom stereocenters. The fourth-order valence-electron chi connectivity index (χ4n) is 2.71. The van der Waals surface area contributed by atoms with Gasteiger partial charge in [-0.15, -0.1) is 10.2 Å². The molecular weight excluding hydrogens is 240 g/mol. The highest BCUT2D eigenvalue weighted by molar-refractivity contribution is 4.91. The van der Waals surface area contributed by atoms with Crippen molar-refractivity contribution in [3.63, 3.8) is 0 Å². The summed E-state index contributed by atoms with van der Waals surface area (Å²) in [6.45, 7) is 12.0. The summed E-state index contributed by atoms with van der Waals surface area (Å²) in [7, 11) is 1.81. The monoisotopic (exact) mass is 266 g/mol. The molecule has 0 spiro atoms. The zero-order valence-electron chi connectivity index (χ0n) is 12.7. The molecule has 2 heterocycles. The number of hydrogen-bond donors (Lipinski definition) is 1. The first-order chi connectivity index (χ1) is 8.97. The van der Waals surface area contributed by atoms with Gasteiger partial charge in [0.25, 0.3) is 0 Å². The summed E-state index contributed by atoms with van der Waals surface area (Å²) in [6.07, 6.45) is 0. The lowest BCUT2D eigenvalue weighted by molar-refractivity contribution is 0.0759. The Hall–Kier alpha value is -1.01. The molecule has 1 N–H and O–H groups in total. The Morgan fingerprint density at radius 3 is 2.53 bits per heavy atom. The number of nitrogens with one attached hydrogen (secondary N) is 1. The summed E-state index contributed by atoms with van der Waals surface area (Å²) in [6, 6.07) is 1.09. The molecule has 1 saturated heterocycles. The molecule has 2 rings (SSSR count). The molecule has 0 aromatic carbocycles. The predicted octanol–water partition coefficient (Wildman–Crippen LogP) is 0.665. The second-order valence-electron chi connectivity index (χ2n) is 6.19. The molecule has 0 aliphatic carbocycles. The molecule has 0 amide bonds. The zero-order valence-corrected chi connectivity index (χ0v) is 12.7. The summed E-state index contributed by atoms with van der Waals surface area (Å²) in [5.41, 5.74) is 0. The Morgan fingerprint density at radius 1 is 1.26 bits per heavy atom. The molecule has 1 fully saturated rings. The highest BCUT2D eigenvalue weighted by Crippen LogP contribution is 2.19. The third-order valence-corrected chi connectivity index (χ3v) is 3.96. The van der Waals surface area contributed by atoms with Crippen LogP contribution in [0.15, 0.2) is 0 Å². The molecule has 6 heteroatoms. The predicted molar refractivity (Wildman–Crippen MR) is 74.5 cm³/mol. The van der Waals surface area contributed by atoms with Crippen LogP contribution in [0.4, 0.5) is 0 Å². The van der Waals surface area contributed by atoms with E-state index in [4.69, 9.17) is 0 Å². The van der Waals surface area contributed by atoms with Crippen LogP contribution in [-0.2, 0) is 13.6 Å². The van der Waals surface area contributed by atoms with Crippen molar-refractivity contribution in [3.05, 3.63) is 5.82 Å². The lowest BCUT2D eigenvalue weighted by atomic mass is 9.94. The van der Waals surface area contributed by atoms with Gasteiger partial charge in [0.2, 0.25) is 0 Å². The zero-order chi connectivity index (χ0) is 14.0. The van der Waals surface area contributed by atoms with Gasteiger partial charge in [0.05, 0.1) is 13.6 Å². The lowest BCUT2D eigenvalue weighted by Gasteiger charge is -2.43. The van der Waals surface area contributed by atoms with Crippen molar-refractivity contribution in [2.45, 2.75) is 46.3 Å². The molecule has 0 saturated carbocycles. The highest BCUT2D eigenvalue weighted by Gasteiger charge is 2.31. The number of rotatable bonds is 4. The molecular formula is C13H26N6. The van der Waals surface area contributed by atoms with Crippen LogP contribution in [0, 0.1) is 11.8 Å². The van der Waals surface area contributed by atoms with E-state index in [1.165, 1.54) is 4.80 Å². The normalized spacial score (nSPS) is 25.4. The van der Waals surface area contributed by atoms with Crippen LogP contribution >= 0.6 is 0 Å². The number of tetrazole rings is 1. The minimum atomic E-state index is 0.541. The van der Waals surface area contributed by atoms with E-state index < -0.39 is 0 Å². The van der Waals surface area contributed by atoms with Crippen molar-refractivity contribution < 1.29 is 0 Å². The first kappa shape index (κ1) is 14.4. The second kappa shape index (κ2) is 5.96. The van der Waals surface area contributed by atoms with Crippen molar-refractivity contribution in [2.24, 2.45) is 18.9 Å². The number of piperazine rings is 1. The van der Waals surface area contributed by atoms with Gasteiger partial charge in [-0.05, 0) is 17.0 Å². The van der Waals surface area contributed by atoms with Crippen LogP contribution in [0.2, 0.25) is 0 Å². The largest absolute Gasteiger partial charge is 0.311 e. The van der Waals surface area contributed by atoms with Crippen LogP contribution in [0.1, 0.15) is 33.5 Å². The van der Waals surface area contributed by atoms with Crippen molar-refractivity contribution in [1.29, 1.82) is 0 Å². The Balaban J connectivity index is 2.07. The van der Waals surface area contributed by atoms with Gasteiger partial charge in [-0.25, -0.2) is 0 Å². The van der Waals surface area contributed by atoms with Crippen LogP contribution < -0.4 is 5.32 Å². The van der Waals surface area contributed by atoms with E-state index in [-0.39, 0.29) is 0 Å². The van der Waals surface area contributed by atoms with Gasteiger partial charge >= 0.3 is 0 Å². The molecule has 1 aliphatic rings. The topological polar surface area (TPSA) is 58.9 Å². The molecule has 108 valence electrons. The quantitative estimate of drug-likeness (QED) is 0.868. The summed E-state index contributed by atoms with van der Waals surface area (Å²) in [5, 5.41) is 16.0. The van der Waals surface area contributed by atoms with Crippen LogP contribution in [0.3, 0.4) is 0 Å². The third-order valence-electron chi connectivity index (χ3n) is 3.96. The lowest BCUT2D eigenvalue weighted by Crippen LogP contribution is -2.59. The number of hydrogen-bond acceptors (Lipinski definition) is 5. The maximum atomic E-state index is 4.30. The van der Waals surface area contributed by atoms with Crippen molar-refractivity contribution >= 4 is 0 Å². The average Bonchev–Trinajstić information content (AvgIpc) is 2.74. The summed E-state index contributed by atoms with van der Waals surface area (Å²) in [5.74, 6) is 2.08. The fraction of sp³-hybridized carbons (Fsp3) is 0.923. The second-order valence-corrected chi connectivity index (χ2v) is 6.19. The number of aromatic nitrogens is 4. The van der Waals surface area contributed by atoms with E-state index in [9.17, 15) is 0 Å². The maximum absolute atomic E-state index is 4.30. The standard InChI is InChI=1S/C13H26N6/c1-9(2)11-7-19(12(6-14-11)10(3)4)8-13-15-17-18(5)16-13/h9-12,14H,6-8H2,1-5H3. The Morgan fingerprint density at radius 2 is 2.00 bits per heavy atom. The van der Waals surface area contributed by atoms with Gasteiger partial charge in [0.1, 0.15) is 0 Å².